The fourth-order valence-corrected chi connectivity index (χ4v) is 2.83. The van der Waals surface area contributed by atoms with Crippen LogP contribution in [0.15, 0.2) is 24.3 Å². The third-order valence-corrected chi connectivity index (χ3v) is 4.53. The third kappa shape index (κ3) is 5.09. The SMILES string of the molecule is CC(C)(C)[C@@H](COc1ccccc1F)NC1CCN(C(N)=O)CC1. The van der Waals surface area contributed by atoms with Gasteiger partial charge in [0.25, 0.3) is 0 Å². The number of piperidine rings is 1. The van der Waals surface area contributed by atoms with E-state index in [1.807, 2.05) is 0 Å². The predicted octanol–water partition coefficient (Wildman–Crippen LogP) is 2.75. The molecule has 1 aromatic carbocycles. The van der Waals surface area contributed by atoms with E-state index >= 15 is 0 Å². The lowest BCUT2D eigenvalue weighted by Gasteiger charge is -2.38. The molecular weight excluding hydrogens is 309 g/mol. The summed E-state index contributed by atoms with van der Waals surface area (Å²) < 4.78 is 19.4. The maximum atomic E-state index is 13.7. The topological polar surface area (TPSA) is 67.6 Å². The maximum Gasteiger partial charge on any atom is 0.314 e. The second-order valence-electron chi connectivity index (χ2n) is 7.43. The normalized spacial score (nSPS) is 17.6. The monoisotopic (exact) mass is 337 g/mol. The number of para-hydroxylation sites is 1. The molecule has 24 heavy (non-hydrogen) atoms. The Morgan fingerprint density at radius 2 is 2.00 bits per heavy atom. The Morgan fingerprint density at radius 1 is 1.38 bits per heavy atom. The zero-order chi connectivity index (χ0) is 17.7. The second-order valence-corrected chi connectivity index (χ2v) is 7.43. The fraction of sp³-hybridized carbons (Fsp3) is 0.611. The van der Waals surface area contributed by atoms with Crippen molar-refractivity contribution in [3.8, 4) is 5.75 Å². The summed E-state index contributed by atoms with van der Waals surface area (Å²) in [4.78, 5) is 12.9. The lowest BCUT2D eigenvalue weighted by Crippen LogP contribution is -2.53. The summed E-state index contributed by atoms with van der Waals surface area (Å²) in [5, 5.41) is 3.62. The number of nitrogens with two attached hydrogens (primary N) is 1. The van der Waals surface area contributed by atoms with E-state index in [9.17, 15) is 9.18 Å². The predicted molar refractivity (Wildman–Crippen MR) is 92.5 cm³/mol. The number of carbonyl (C=O) groups excluding carboxylic acids is 1. The summed E-state index contributed by atoms with van der Waals surface area (Å²) in [7, 11) is 0. The number of likely N-dealkylation sites (tertiary alicyclic amines) is 1. The molecule has 0 bridgehead atoms. The van der Waals surface area contributed by atoms with Crippen LogP contribution < -0.4 is 15.8 Å². The van der Waals surface area contributed by atoms with Crippen molar-refractivity contribution >= 4 is 6.03 Å². The average molecular weight is 337 g/mol. The molecule has 0 aliphatic carbocycles. The number of nitrogens with zero attached hydrogens (tertiary/aromatic N) is 1. The minimum Gasteiger partial charge on any atom is -0.489 e. The van der Waals surface area contributed by atoms with E-state index in [0.717, 1.165) is 12.8 Å². The first-order valence-electron chi connectivity index (χ1n) is 8.45. The Morgan fingerprint density at radius 3 is 2.54 bits per heavy atom. The molecular formula is C18H28FN3O2. The van der Waals surface area contributed by atoms with Crippen molar-refractivity contribution in [3.63, 3.8) is 0 Å². The summed E-state index contributed by atoms with van der Waals surface area (Å²) in [6.07, 6.45) is 1.71. The Kier molecular flexibility index (Phi) is 6.04. The van der Waals surface area contributed by atoms with Gasteiger partial charge in [0, 0.05) is 25.2 Å². The van der Waals surface area contributed by atoms with Crippen LogP contribution in [0.1, 0.15) is 33.6 Å². The van der Waals surface area contributed by atoms with Crippen molar-refractivity contribution in [2.24, 2.45) is 11.1 Å². The molecule has 1 aliphatic rings. The molecule has 134 valence electrons. The molecule has 1 saturated heterocycles. The van der Waals surface area contributed by atoms with E-state index < -0.39 is 0 Å². The Hall–Kier alpha value is -1.82. The van der Waals surface area contributed by atoms with Crippen LogP contribution in [0.4, 0.5) is 9.18 Å². The highest BCUT2D eigenvalue weighted by atomic mass is 19.1. The molecule has 0 spiro atoms. The highest BCUT2D eigenvalue weighted by molar-refractivity contribution is 5.72. The van der Waals surface area contributed by atoms with Crippen LogP contribution in [-0.4, -0.2) is 42.7 Å². The van der Waals surface area contributed by atoms with Crippen LogP contribution in [0, 0.1) is 11.2 Å². The van der Waals surface area contributed by atoms with E-state index in [-0.39, 0.29) is 29.1 Å². The van der Waals surface area contributed by atoms with Crippen LogP contribution in [0.2, 0.25) is 0 Å². The van der Waals surface area contributed by atoms with Crippen LogP contribution >= 0.6 is 0 Å². The number of amides is 2. The fourth-order valence-electron chi connectivity index (χ4n) is 2.83. The van der Waals surface area contributed by atoms with E-state index in [1.54, 1.807) is 23.1 Å². The van der Waals surface area contributed by atoms with Crippen LogP contribution in [0.3, 0.4) is 0 Å². The first-order chi connectivity index (χ1) is 11.3. The molecule has 1 fully saturated rings. The first-order valence-corrected chi connectivity index (χ1v) is 8.45. The van der Waals surface area contributed by atoms with E-state index in [1.165, 1.54) is 6.07 Å². The smallest absolute Gasteiger partial charge is 0.314 e. The van der Waals surface area contributed by atoms with Crippen molar-refractivity contribution in [2.45, 2.75) is 45.7 Å². The van der Waals surface area contributed by atoms with Gasteiger partial charge in [0.1, 0.15) is 6.61 Å². The van der Waals surface area contributed by atoms with E-state index in [2.05, 4.69) is 26.1 Å². The molecule has 3 N–H and O–H groups in total. The molecule has 6 heteroatoms. The van der Waals surface area contributed by atoms with Crippen molar-refractivity contribution in [2.75, 3.05) is 19.7 Å². The van der Waals surface area contributed by atoms with Gasteiger partial charge in [-0.25, -0.2) is 9.18 Å². The third-order valence-electron chi connectivity index (χ3n) is 4.53. The quantitative estimate of drug-likeness (QED) is 0.868. The number of rotatable bonds is 5. The molecule has 2 rings (SSSR count). The van der Waals surface area contributed by atoms with Crippen molar-refractivity contribution in [1.29, 1.82) is 0 Å². The molecule has 1 atom stereocenters. The minimum atomic E-state index is -0.358. The largest absolute Gasteiger partial charge is 0.489 e. The molecule has 1 heterocycles. The zero-order valence-corrected chi connectivity index (χ0v) is 14.7. The van der Waals surface area contributed by atoms with Gasteiger partial charge < -0.3 is 20.7 Å². The molecule has 2 amide bonds. The summed E-state index contributed by atoms with van der Waals surface area (Å²) in [5.74, 6) is -0.0722. The van der Waals surface area contributed by atoms with Crippen LogP contribution in [0.5, 0.6) is 5.75 Å². The number of urea groups is 1. The number of ether oxygens (including phenoxy) is 1. The van der Waals surface area contributed by atoms with Gasteiger partial charge in [0.15, 0.2) is 11.6 Å². The summed E-state index contributed by atoms with van der Waals surface area (Å²) in [6.45, 7) is 8.12. The Balaban J connectivity index is 1.92. The van der Waals surface area contributed by atoms with Crippen LogP contribution in [0.25, 0.3) is 0 Å². The number of benzene rings is 1. The van der Waals surface area contributed by atoms with Crippen molar-refractivity contribution in [1.82, 2.24) is 10.2 Å². The van der Waals surface area contributed by atoms with Gasteiger partial charge in [0.05, 0.1) is 0 Å². The molecule has 1 aromatic rings. The zero-order valence-electron chi connectivity index (χ0n) is 14.7. The molecule has 1 aliphatic heterocycles. The Bertz CT molecular complexity index is 551. The average Bonchev–Trinajstić information content (AvgIpc) is 2.52. The summed E-state index contributed by atoms with van der Waals surface area (Å²) >= 11 is 0. The number of hydrogen-bond donors (Lipinski definition) is 2. The van der Waals surface area contributed by atoms with E-state index in [0.29, 0.717) is 25.7 Å². The van der Waals surface area contributed by atoms with Crippen molar-refractivity contribution < 1.29 is 13.9 Å². The highest BCUT2D eigenvalue weighted by Gasteiger charge is 2.30. The summed E-state index contributed by atoms with van der Waals surface area (Å²) in [5.41, 5.74) is 5.28. The summed E-state index contributed by atoms with van der Waals surface area (Å²) in [6, 6.07) is 6.46. The lowest BCUT2D eigenvalue weighted by molar-refractivity contribution is 0.135. The van der Waals surface area contributed by atoms with Gasteiger partial charge in [-0.3, -0.25) is 0 Å². The number of carbonyl (C=O) groups is 1. The Labute approximate surface area is 143 Å². The molecule has 0 aromatic heterocycles. The minimum absolute atomic E-state index is 0.0356. The molecule has 0 saturated carbocycles. The molecule has 0 unspecified atom stereocenters. The van der Waals surface area contributed by atoms with Gasteiger partial charge in [-0.15, -0.1) is 0 Å². The number of halogens is 1. The van der Waals surface area contributed by atoms with Crippen LogP contribution in [-0.2, 0) is 0 Å². The number of nitrogens with one attached hydrogen (secondary N) is 1. The first kappa shape index (κ1) is 18.5. The number of hydrogen-bond acceptors (Lipinski definition) is 3. The van der Waals surface area contributed by atoms with Gasteiger partial charge in [-0.05, 0) is 30.4 Å². The van der Waals surface area contributed by atoms with Gasteiger partial charge in [-0.2, -0.15) is 0 Å². The standard InChI is InChI=1S/C18H28FN3O2/c1-18(2,3)16(12-24-15-7-5-4-6-14(15)19)21-13-8-10-22(11-9-13)17(20)23/h4-7,13,16,21H,8-12H2,1-3H3,(H2,20,23)/t16-/m1/s1. The molecule has 0 radical (unpaired) electrons. The highest BCUT2D eigenvalue weighted by Crippen LogP contribution is 2.24. The van der Waals surface area contributed by atoms with Gasteiger partial charge in [-0.1, -0.05) is 32.9 Å². The van der Waals surface area contributed by atoms with Gasteiger partial charge in [0.2, 0.25) is 0 Å². The molecule has 5 nitrogen and oxygen atoms in total. The number of primary amides is 1. The maximum absolute atomic E-state index is 13.7. The lowest BCUT2D eigenvalue weighted by atomic mass is 9.86. The van der Waals surface area contributed by atoms with Crippen molar-refractivity contribution in [3.05, 3.63) is 30.1 Å². The van der Waals surface area contributed by atoms with E-state index in [4.69, 9.17) is 10.5 Å². The second kappa shape index (κ2) is 7.83. The van der Waals surface area contributed by atoms with Gasteiger partial charge >= 0.3 is 6.03 Å².